The number of benzene rings is 2. The van der Waals surface area contributed by atoms with Gasteiger partial charge in [0.1, 0.15) is 10.7 Å². The molecule has 2 heterocycles. The smallest absolute Gasteiger partial charge is 0.260 e. The fourth-order valence-corrected chi connectivity index (χ4v) is 4.13. The first-order chi connectivity index (χ1) is 11.6. The van der Waals surface area contributed by atoms with Gasteiger partial charge < -0.3 is 4.98 Å². The molecule has 4 aromatic rings. The summed E-state index contributed by atoms with van der Waals surface area (Å²) in [7, 11) is 0. The second-order valence-electron chi connectivity index (χ2n) is 5.50. The third-order valence-corrected chi connectivity index (χ3v) is 5.45. The van der Waals surface area contributed by atoms with Gasteiger partial charge in [-0.05, 0) is 24.6 Å². The molecule has 3 nitrogen and oxygen atoms in total. The van der Waals surface area contributed by atoms with Crippen molar-refractivity contribution in [3.05, 3.63) is 74.3 Å². The SMILES string of the molecule is Cc1sc2nc(-c3ccccc3)[nH]c(=O)c2c1-c1ccc(Br)cc1. The lowest BCUT2D eigenvalue weighted by Crippen LogP contribution is -2.09. The van der Waals surface area contributed by atoms with E-state index in [9.17, 15) is 4.79 Å². The standard InChI is InChI=1S/C19H13BrN2OS/c1-11-15(12-7-9-14(20)10-8-12)16-18(23)21-17(22-19(16)24-11)13-5-3-2-4-6-13/h2-10H,1H3,(H,21,22,23). The van der Waals surface area contributed by atoms with Gasteiger partial charge in [0, 0.05) is 20.5 Å². The first-order valence-corrected chi connectivity index (χ1v) is 9.09. The van der Waals surface area contributed by atoms with E-state index in [2.05, 4.69) is 25.9 Å². The Morgan fingerprint density at radius 1 is 1.00 bits per heavy atom. The molecular formula is C19H13BrN2OS. The minimum absolute atomic E-state index is 0.0962. The van der Waals surface area contributed by atoms with E-state index in [1.165, 1.54) is 0 Å². The number of aryl methyl sites for hydroxylation is 1. The number of rotatable bonds is 2. The van der Waals surface area contributed by atoms with Crippen LogP contribution < -0.4 is 5.56 Å². The second-order valence-corrected chi connectivity index (χ2v) is 7.62. The molecular weight excluding hydrogens is 384 g/mol. The second kappa shape index (κ2) is 6.00. The molecule has 0 saturated carbocycles. The van der Waals surface area contributed by atoms with E-state index in [-0.39, 0.29) is 5.56 Å². The topological polar surface area (TPSA) is 45.8 Å². The lowest BCUT2D eigenvalue weighted by atomic mass is 10.0. The highest BCUT2D eigenvalue weighted by atomic mass is 79.9. The van der Waals surface area contributed by atoms with Crippen LogP contribution in [0, 0.1) is 6.92 Å². The fourth-order valence-electron chi connectivity index (χ4n) is 2.82. The van der Waals surface area contributed by atoms with Gasteiger partial charge in [-0.25, -0.2) is 4.98 Å². The molecule has 1 N–H and O–H groups in total. The van der Waals surface area contributed by atoms with Gasteiger partial charge >= 0.3 is 0 Å². The summed E-state index contributed by atoms with van der Waals surface area (Å²) in [4.78, 5) is 22.2. The number of fused-ring (bicyclic) bond motifs is 1. The molecule has 24 heavy (non-hydrogen) atoms. The summed E-state index contributed by atoms with van der Waals surface area (Å²) in [6, 6.07) is 17.7. The number of aromatic amines is 1. The zero-order valence-electron chi connectivity index (χ0n) is 12.8. The van der Waals surface area contributed by atoms with E-state index in [4.69, 9.17) is 0 Å². The van der Waals surface area contributed by atoms with Crippen LogP contribution in [-0.2, 0) is 0 Å². The molecule has 0 aliphatic heterocycles. The van der Waals surface area contributed by atoms with E-state index >= 15 is 0 Å². The summed E-state index contributed by atoms with van der Waals surface area (Å²) in [5.41, 5.74) is 2.81. The van der Waals surface area contributed by atoms with Crippen molar-refractivity contribution in [3.8, 4) is 22.5 Å². The molecule has 2 aromatic carbocycles. The van der Waals surface area contributed by atoms with Crippen molar-refractivity contribution in [1.29, 1.82) is 0 Å². The lowest BCUT2D eigenvalue weighted by molar-refractivity contribution is 1.19. The first-order valence-electron chi connectivity index (χ1n) is 7.48. The summed E-state index contributed by atoms with van der Waals surface area (Å²) in [5.74, 6) is 0.608. The maximum absolute atomic E-state index is 12.7. The largest absolute Gasteiger partial charge is 0.306 e. The molecule has 118 valence electrons. The maximum atomic E-state index is 12.7. The van der Waals surface area contributed by atoms with E-state index in [0.717, 1.165) is 30.9 Å². The lowest BCUT2D eigenvalue weighted by Gasteiger charge is -2.03. The molecule has 0 aliphatic rings. The molecule has 0 unspecified atom stereocenters. The van der Waals surface area contributed by atoms with Gasteiger partial charge in [-0.3, -0.25) is 4.79 Å². The normalized spacial score (nSPS) is 11.1. The van der Waals surface area contributed by atoms with Crippen molar-refractivity contribution in [1.82, 2.24) is 9.97 Å². The highest BCUT2D eigenvalue weighted by Crippen LogP contribution is 2.36. The molecule has 0 radical (unpaired) electrons. The number of hydrogen-bond acceptors (Lipinski definition) is 3. The highest BCUT2D eigenvalue weighted by molar-refractivity contribution is 9.10. The number of thiophene rings is 1. The van der Waals surface area contributed by atoms with E-state index < -0.39 is 0 Å². The summed E-state index contributed by atoms with van der Waals surface area (Å²) < 4.78 is 1.02. The Labute approximate surface area is 151 Å². The zero-order chi connectivity index (χ0) is 16.7. The molecule has 0 fully saturated rings. The van der Waals surface area contributed by atoms with Gasteiger partial charge in [-0.2, -0.15) is 0 Å². The predicted octanol–water partition coefficient (Wildman–Crippen LogP) is 5.39. The molecule has 2 aromatic heterocycles. The van der Waals surface area contributed by atoms with Crippen LogP contribution in [0.2, 0.25) is 0 Å². The Bertz CT molecular complexity index is 1080. The summed E-state index contributed by atoms with van der Waals surface area (Å²) >= 11 is 5.01. The quantitative estimate of drug-likeness (QED) is 0.493. The predicted molar refractivity (Wildman–Crippen MR) is 104 cm³/mol. The van der Waals surface area contributed by atoms with Crippen molar-refractivity contribution < 1.29 is 0 Å². The average molecular weight is 397 g/mol. The Morgan fingerprint density at radius 3 is 2.42 bits per heavy atom. The van der Waals surface area contributed by atoms with Crippen LogP contribution in [0.3, 0.4) is 0 Å². The van der Waals surface area contributed by atoms with Gasteiger partial charge in [-0.1, -0.05) is 58.4 Å². The van der Waals surface area contributed by atoms with Gasteiger partial charge in [-0.15, -0.1) is 11.3 Å². The Balaban J connectivity index is 1.97. The summed E-state index contributed by atoms with van der Waals surface area (Å²) in [6.45, 7) is 2.03. The number of aromatic nitrogens is 2. The Morgan fingerprint density at radius 2 is 1.71 bits per heavy atom. The molecule has 0 spiro atoms. The first kappa shape index (κ1) is 15.3. The van der Waals surface area contributed by atoms with E-state index in [1.807, 2.05) is 61.5 Å². The number of H-pyrrole nitrogens is 1. The van der Waals surface area contributed by atoms with E-state index in [0.29, 0.717) is 11.2 Å². The molecule has 0 bridgehead atoms. The van der Waals surface area contributed by atoms with Crippen molar-refractivity contribution in [2.75, 3.05) is 0 Å². The number of nitrogens with zero attached hydrogens (tertiary/aromatic N) is 1. The minimum atomic E-state index is -0.0962. The highest BCUT2D eigenvalue weighted by Gasteiger charge is 2.17. The van der Waals surface area contributed by atoms with Gasteiger partial charge in [0.25, 0.3) is 5.56 Å². The van der Waals surface area contributed by atoms with Crippen molar-refractivity contribution >= 4 is 37.5 Å². The van der Waals surface area contributed by atoms with E-state index in [1.54, 1.807) is 11.3 Å². The monoisotopic (exact) mass is 396 g/mol. The fraction of sp³-hybridized carbons (Fsp3) is 0.0526. The minimum Gasteiger partial charge on any atom is -0.306 e. The van der Waals surface area contributed by atoms with Crippen LogP contribution >= 0.6 is 27.3 Å². The zero-order valence-corrected chi connectivity index (χ0v) is 15.2. The summed E-state index contributed by atoms with van der Waals surface area (Å²) in [6.07, 6.45) is 0. The van der Waals surface area contributed by atoms with Crippen LogP contribution in [-0.4, -0.2) is 9.97 Å². The number of halogens is 1. The molecule has 0 amide bonds. The molecule has 0 saturated heterocycles. The van der Waals surface area contributed by atoms with Gasteiger partial charge in [0.2, 0.25) is 0 Å². The van der Waals surface area contributed by atoms with Crippen LogP contribution in [0.5, 0.6) is 0 Å². The maximum Gasteiger partial charge on any atom is 0.260 e. The van der Waals surface area contributed by atoms with Crippen molar-refractivity contribution in [2.45, 2.75) is 6.92 Å². The van der Waals surface area contributed by atoms with Crippen LogP contribution in [0.1, 0.15) is 4.88 Å². The third-order valence-electron chi connectivity index (χ3n) is 3.92. The number of nitrogens with one attached hydrogen (secondary N) is 1. The van der Waals surface area contributed by atoms with Crippen LogP contribution in [0.4, 0.5) is 0 Å². The van der Waals surface area contributed by atoms with Crippen LogP contribution in [0.15, 0.2) is 63.9 Å². The average Bonchev–Trinajstić information content (AvgIpc) is 2.93. The summed E-state index contributed by atoms with van der Waals surface area (Å²) in [5, 5.41) is 0.666. The Kier molecular flexibility index (Phi) is 3.82. The molecule has 5 heteroatoms. The van der Waals surface area contributed by atoms with Crippen LogP contribution in [0.25, 0.3) is 32.7 Å². The van der Waals surface area contributed by atoms with Crippen molar-refractivity contribution in [2.24, 2.45) is 0 Å². The molecule has 4 rings (SSSR count). The number of hydrogen-bond donors (Lipinski definition) is 1. The van der Waals surface area contributed by atoms with Gasteiger partial charge in [0.15, 0.2) is 0 Å². The molecule has 0 atom stereocenters. The Hall–Kier alpha value is -2.24. The molecule has 0 aliphatic carbocycles. The third kappa shape index (κ3) is 2.60. The van der Waals surface area contributed by atoms with Crippen molar-refractivity contribution in [3.63, 3.8) is 0 Å². The van der Waals surface area contributed by atoms with Gasteiger partial charge in [0.05, 0.1) is 5.39 Å².